The Morgan fingerprint density at radius 2 is 1.84 bits per heavy atom. The van der Waals surface area contributed by atoms with E-state index in [1.807, 2.05) is 0 Å². The van der Waals surface area contributed by atoms with Crippen molar-refractivity contribution in [1.29, 1.82) is 0 Å². The predicted octanol–water partition coefficient (Wildman–Crippen LogP) is 1.89. The fourth-order valence-electron chi connectivity index (χ4n) is 1.49. The van der Waals surface area contributed by atoms with Crippen LogP contribution < -0.4 is 5.32 Å². The summed E-state index contributed by atoms with van der Waals surface area (Å²) in [5, 5.41) is 2.43. The maximum Gasteiger partial charge on any atom is 0.328 e. The van der Waals surface area contributed by atoms with E-state index in [0.29, 0.717) is 0 Å². The summed E-state index contributed by atoms with van der Waals surface area (Å²) < 4.78 is 30.3. The van der Waals surface area contributed by atoms with Crippen molar-refractivity contribution < 1.29 is 23.1 Å². The van der Waals surface area contributed by atoms with E-state index in [0.717, 1.165) is 18.2 Å². The molecule has 0 aromatic heterocycles. The van der Waals surface area contributed by atoms with Crippen molar-refractivity contribution in [3.63, 3.8) is 0 Å². The summed E-state index contributed by atoms with van der Waals surface area (Å²) in [6, 6.07) is 1.93. The number of esters is 1. The standard InChI is InChI=1S/C13H15F2NO3/c1-7(2)11(13(18)19-3)16-12(17)8-4-5-9(14)10(15)6-8/h4-7,11H,1-3H3,(H,16,17)/t11-/m1/s1. The number of methoxy groups -OCH3 is 1. The van der Waals surface area contributed by atoms with Gasteiger partial charge in [0.1, 0.15) is 6.04 Å². The third-order valence-corrected chi connectivity index (χ3v) is 2.59. The summed E-state index contributed by atoms with van der Waals surface area (Å²) in [6.45, 7) is 3.46. The van der Waals surface area contributed by atoms with Crippen LogP contribution in [-0.4, -0.2) is 25.0 Å². The number of amides is 1. The number of benzene rings is 1. The van der Waals surface area contributed by atoms with Crippen LogP contribution >= 0.6 is 0 Å². The molecule has 4 nitrogen and oxygen atoms in total. The smallest absolute Gasteiger partial charge is 0.328 e. The van der Waals surface area contributed by atoms with Crippen LogP contribution in [0.25, 0.3) is 0 Å². The molecule has 1 aromatic rings. The molecule has 19 heavy (non-hydrogen) atoms. The topological polar surface area (TPSA) is 55.4 Å². The number of ether oxygens (including phenoxy) is 1. The normalized spacial score (nSPS) is 12.1. The molecule has 0 bridgehead atoms. The summed E-state index contributed by atoms with van der Waals surface area (Å²) in [7, 11) is 1.21. The van der Waals surface area contributed by atoms with Crippen molar-refractivity contribution in [2.24, 2.45) is 5.92 Å². The van der Waals surface area contributed by atoms with E-state index in [-0.39, 0.29) is 11.5 Å². The SMILES string of the molecule is COC(=O)[C@H](NC(=O)c1ccc(F)c(F)c1)C(C)C. The van der Waals surface area contributed by atoms with Gasteiger partial charge in [0, 0.05) is 5.56 Å². The van der Waals surface area contributed by atoms with Gasteiger partial charge in [-0.3, -0.25) is 4.79 Å². The lowest BCUT2D eigenvalue weighted by atomic mass is 10.0. The molecule has 0 unspecified atom stereocenters. The Morgan fingerprint density at radius 3 is 2.32 bits per heavy atom. The molecule has 0 saturated heterocycles. The van der Waals surface area contributed by atoms with Gasteiger partial charge in [0.25, 0.3) is 5.91 Å². The summed E-state index contributed by atoms with van der Waals surface area (Å²) in [5.74, 6) is -3.60. The highest BCUT2D eigenvalue weighted by Gasteiger charge is 2.25. The highest BCUT2D eigenvalue weighted by molar-refractivity contribution is 5.96. The molecule has 0 radical (unpaired) electrons. The van der Waals surface area contributed by atoms with Crippen LogP contribution in [-0.2, 0) is 9.53 Å². The molecule has 1 atom stereocenters. The molecule has 0 spiro atoms. The minimum absolute atomic E-state index is 0.0616. The molecule has 0 aliphatic carbocycles. The van der Waals surface area contributed by atoms with Crippen molar-refractivity contribution in [2.45, 2.75) is 19.9 Å². The zero-order valence-electron chi connectivity index (χ0n) is 10.9. The van der Waals surface area contributed by atoms with E-state index in [1.165, 1.54) is 7.11 Å². The molecule has 104 valence electrons. The fraction of sp³-hybridized carbons (Fsp3) is 0.385. The van der Waals surface area contributed by atoms with Crippen LogP contribution in [0.2, 0.25) is 0 Å². The first kappa shape index (κ1) is 15.1. The molecular weight excluding hydrogens is 256 g/mol. The van der Waals surface area contributed by atoms with Crippen LogP contribution in [0, 0.1) is 17.6 Å². The van der Waals surface area contributed by atoms with Gasteiger partial charge in [-0.15, -0.1) is 0 Å². The highest BCUT2D eigenvalue weighted by atomic mass is 19.2. The maximum atomic E-state index is 13.0. The molecule has 0 heterocycles. The van der Waals surface area contributed by atoms with Crippen LogP contribution in [0.5, 0.6) is 0 Å². The van der Waals surface area contributed by atoms with Crippen molar-refractivity contribution in [2.75, 3.05) is 7.11 Å². The Hall–Kier alpha value is -1.98. The maximum absolute atomic E-state index is 13.0. The largest absolute Gasteiger partial charge is 0.467 e. The minimum Gasteiger partial charge on any atom is -0.467 e. The predicted molar refractivity (Wildman–Crippen MR) is 64.5 cm³/mol. The number of nitrogens with one attached hydrogen (secondary N) is 1. The summed E-state index contributed by atoms with van der Waals surface area (Å²) in [6.07, 6.45) is 0. The molecular formula is C13H15F2NO3. The van der Waals surface area contributed by atoms with Crippen molar-refractivity contribution in [1.82, 2.24) is 5.32 Å². The molecule has 0 saturated carbocycles. The van der Waals surface area contributed by atoms with Gasteiger partial charge in [-0.25, -0.2) is 13.6 Å². The van der Waals surface area contributed by atoms with E-state index in [1.54, 1.807) is 13.8 Å². The van der Waals surface area contributed by atoms with Gasteiger partial charge in [-0.1, -0.05) is 13.8 Å². The molecule has 6 heteroatoms. The second-order valence-corrected chi connectivity index (χ2v) is 4.35. The Balaban J connectivity index is 2.87. The van der Waals surface area contributed by atoms with Crippen LogP contribution in [0.3, 0.4) is 0 Å². The molecule has 0 aliphatic rings. The van der Waals surface area contributed by atoms with Gasteiger partial charge in [0.2, 0.25) is 0 Å². The third-order valence-electron chi connectivity index (χ3n) is 2.59. The van der Waals surface area contributed by atoms with Gasteiger partial charge in [-0.05, 0) is 24.1 Å². The van der Waals surface area contributed by atoms with Gasteiger partial charge in [0.05, 0.1) is 7.11 Å². The third kappa shape index (κ3) is 3.74. The van der Waals surface area contributed by atoms with E-state index in [2.05, 4.69) is 10.1 Å². The van der Waals surface area contributed by atoms with Gasteiger partial charge in [0.15, 0.2) is 11.6 Å². The Morgan fingerprint density at radius 1 is 1.21 bits per heavy atom. The number of carbonyl (C=O) groups excluding carboxylic acids is 2. The summed E-state index contributed by atoms with van der Waals surface area (Å²) in [5.41, 5.74) is -0.0616. The zero-order chi connectivity index (χ0) is 14.6. The second-order valence-electron chi connectivity index (χ2n) is 4.35. The average Bonchev–Trinajstić information content (AvgIpc) is 2.37. The average molecular weight is 271 g/mol. The lowest BCUT2D eigenvalue weighted by Crippen LogP contribution is -2.45. The first-order valence-electron chi connectivity index (χ1n) is 5.70. The van der Waals surface area contributed by atoms with Crippen molar-refractivity contribution in [3.8, 4) is 0 Å². The molecule has 1 rings (SSSR count). The Labute approximate surface area is 109 Å². The summed E-state index contributed by atoms with van der Waals surface area (Å²) >= 11 is 0. The highest BCUT2D eigenvalue weighted by Crippen LogP contribution is 2.10. The fourth-order valence-corrected chi connectivity index (χ4v) is 1.49. The number of carbonyl (C=O) groups is 2. The van der Waals surface area contributed by atoms with Crippen LogP contribution in [0.1, 0.15) is 24.2 Å². The second kappa shape index (κ2) is 6.26. The zero-order valence-corrected chi connectivity index (χ0v) is 10.9. The van der Waals surface area contributed by atoms with E-state index >= 15 is 0 Å². The number of rotatable bonds is 4. The van der Waals surface area contributed by atoms with Gasteiger partial charge >= 0.3 is 5.97 Å². The summed E-state index contributed by atoms with van der Waals surface area (Å²) in [4.78, 5) is 23.3. The van der Waals surface area contributed by atoms with E-state index in [9.17, 15) is 18.4 Å². The van der Waals surface area contributed by atoms with Gasteiger partial charge < -0.3 is 10.1 Å². The Kier molecular flexibility index (Phi) is 4.97. The first-order chi connectivity index (χ1) is 8.86. The Bertz CT molecular complexity index is 489. The molecule has 0 fully saturated rings. The quantitative estimate of drug-likeness (QED) is 0.851. The lowest BCUT2D eigenvalue weighted by Gasteiger charge is -2.19. The number of hydrogen-bond acceptors (Lipinski definition) is 3. The monoisotopic (exact) mass is 271 g/mol. The molecule has 0 aliphatic heterocycles. The lowest BCUT2D eigenvalue weighted by molar-refractivity contribution is -0.144. The minimum atomic E-state index is -1.12. The number of hydrogen-bond donors (Lipinski definition) is 1. The van der Waals surface area contributed by atoms with E-state index in [4.69, 9.17) is 0 Å². The van der Waals surface area contributed by atoms with Gasteiger partial charge in [-0.2, -0.15) is 0 Å². The van der Waals surface area contributed by atoms with Crippen molar-refractivity contribution >= 4 is 11.9 Å². The van der Waals surface area contributed by atoms with E-state index < -0.39 is 29.6 Å². The van der Waals surface area contributed by atoms with Crippen LogP contribution in [0.15, 0.2) is 18.2 Å². The molecule has 1 aromatic carbocycles. The molecule has 1 N–H and O–H groups in total. The number of halogens is 2. The van der Waals surface area contributed by atoms with Crippen molar-refractivity contribution in [3.05, 3.63) is 35.4 Å². The molecule has 1 amide bonds. The first-order valence-corrected chi connectivity index (χ1v) is 5.70. The van der Waals surface area contributed by atoms with Crippen LogP contribution in [0.4, 0.5) is 8.78 Å².